The van der Waals surface area contributed by atoms with Crippen LogP contribution in [-0.2, 0) is 6.42 Å². The van der Waals surface area contributed by atoms with Gasteiger partial charge in [-0.2, -0.15) is 0 Å². The standard InChI is InChI=1S/C16H25NO/c1-10-7-15(13(4)12(3)11(10)2)8-14-5-6-17-9-16(14)18/h7,14,16-18H,5-6,8-9H2,1-4H3/t14-,16-/m0/s1. The Kier molecular flexibility index (Phi) is 4.08. The van der Waals surface area contributed by atoms with E-state index < -0.39 is 0 Å². The molecule has 1 fully saturated rings. The van der Waals surface area contributed by atoms with E-state index in [0.717, 1.165) is 25.9 Å². The summed E-state index contributed by atoms with van der Waals surface area (Å²) in [5, 5.41) is 13.3. The predicted octanol–water partition coefficient (Wildman–Crippen LogP) is 2.43. The summed E-state index contributed by atoms with van der Waals surface area (Å²) in [7, 11) is 0. The normalized spacial score (nSPS) is 24.3. The fourth-order valence-corrected chi connectivity index (χ4v) is 2.92. The van der Waals surface area contributed by atoms with Gasteiger partial charge in [0.05, 0.1) is 6.10 Å². The van der Waals surface area contributed by atoms with Crippen molar-refractivity contribution < 1.29 is 5.11 Å². The van der Waals surface area contributed by atoms with Gasteiger partial charge in [-0.15, -0.1) is 0 Å². The second kappa shape index (κ2) is 5.41. The van der Waals surface area contributed by atoms with Crippen LogP contribution in [0.5, 0.6) is 0 Å². The molecule has 100 valence electrons. The van der Waals surface area contributed by atoms with Gasteiger partial charge in [0.15, 0.2) is 0 Å². The first-order chi connectivity index (χ1) is 8.50. The molecule has 1 heterocycles. The van der Waals surface area contributed by atoms with E-state index in [2.05, 4.69) is 39.1 Å². The van der Waals surface area contributed by atoms with E-state index in [-0.39, 0.29) is 6.10 Å². The molecule has 2 heteroatoms. The smallest absolute Gasteiger partial charge is 0.0696 e. The Morgan fingerprint density at radius 3 is 2.56 bits per heavy atom. The Hall–Kier alpha value is -0.860. The first-order valence-electron chi connectivity index (χ1n) is 6.95. The summed E-state index contributed by atoms with van der Waals surface area (Å²) in [6.45, 7) is 10.6. The number of hydrogen-bond donors (Lipinski definition) is 2. The summed E-state index contributed by atoms with van der Waals surface area (Å²) in [5.74, 6) is 0.409. The first kappa shape index (κ1) is 13.6. The van der Waals surface area contributed by atoms with Gasteiger partial charge in [0.1, 0.15) is 0 Å². The van der Waals surface area contributed by atoms with Crippen LogP contribution in [0.3, 0.4) is 0 Å². The average Bonchev–Trinajstić information content (AvgIpc) is 2.36. The van der Waals surface area contributed by atoms with Gasteiger partial charge < -0.3 is 10.4 Å². The summed E-state index contributed by atoms with van der Waals surface area (Å²) in [4.78, 5) is 0. The maximum absolute atomic E-state index is 10.1. The molecule has 1 aliphatic rings. The predicted molar refractivity (Wildman–Crippen MR) is 76.1 cm³/mol. The van der Waals surface area contributed by atoms with Crippen LogP contribution in [0.15, 0.2) is 6.07 Å². The molecule has 2 atom stereocenters. The number of nitrogens with one attached hydrogen (secondary N) is 1. The molecule has 2 rings (SSSR count). The molecular weight excluding hydrogens is 222 g/mol. The number of piperidine rings is 1. The number of aliphatic hydroxyl groups excluding tert-OH is 1. The van der Waals surface area contributed by atoms with Crippen LogP contribution < -0.4 is 5.32 Å². The highest BCUT2D eigenvalue weighted by Crippen LogP contribution is 2.26. The monoisotopic (exact) mass is 247 g/mol. The number of aryl methyl sites for hydroxylation is 1. The fourth-order valence-electron chi connectivity index (χ4n) is 2.92. The highest BCUT2D eigenvalue weighted by Gasteiger charge is 2.23. The van der Waals surface area contributed by atoms with Crippen molar-refractivity contribution in [3.63, 3.8) is 0 Å². The van der Waals surface area contributed by atoms with Crippen LogP contribution in [-0.4, -0.2) is 24.3 Å². The van der Waals surface area contributed by atoms with Crippen LogP contribution in [0.2, 0.25) is 0 Å². The molecule has 0 aromatic heterocycles. The van der Waals surface area contributed by atoms with E-state index in [1.165, 1.54) is 27.8 Å². The molecule has 2 nitrogen and oxygen atoms in total. The highest BCUT2D eigenvalue weighted by molar-refractivity contribution is 5.43. The zero-order chi connectivity index (χ0) is 13.3. The maximum Gasteiger partial charge on any atom is 0.0696 e. The molecule has 18 heavy (non-hydrogen) atoms. The van der Waals surface area contributed by atoms with Crippen molar-refractivity contribution in [2.75, 3.05) is 13.1 Å². The lowest BCUT2D eigenvalue weighted by molar-refractivity contribution is 0.0819. The Morgan fingerprint density at radius 2 is 1.89 bits per heavy atom. The van der Waals surface area contributed by atoms with Gasteiger partial charge in [-0.3, -0.25) is 0 Å². The highest BCUT2D eigenvalue weighted by atomic mass is 16.3. The Bertz CT molecular complexity index is 439. The molecule has 0 saturated carbocycles. The van der Waals surface area contributed by atoms with Crippen molar-refractivity contribution >= 4 is 0 Å². The topological polar surface area (TPSA) is 32.3 Å². The molecule has 0 spiro atoms. The van der Waals surface area contributed by atoms with Gasteiger partial charge in [0, 0.05) is 6.54 Å². The van der Waals surface area contributed by atoms with Crippen molar-refractivity contribution in [2.24, 2.45) is 5.92 Å². The van der Waals surface area contributed by atoms with Crippen molar-refractivity contribution in [1.82, 2.24) is 5.32 Å². The summed E-state index contributed by atoms with van der Waals surface area (Å²) >= 11 is 0. The fraction of sp³-hybridized carbons (Fsp3) is 0.625. The summed E-state index contributed by atoms with van der Waals surface area (Å²) in [6.07, 6.45) is 1.89. The molecule has 1 aromatic carbocycles. The van der Waals surface area contributed by atoms with E-state index in [1.807, 2.05) is 0 Å². The third-order valence-corrected chi connectivity index (χ3v) is 4.66. The molecule has 0 unspecified atom stereocenters. The third-order valence-electron chi connectivity index (χ3n) is 4.66. The number of aliphatic hydroxyl groups is 1. The molecule has 2 N–H and O–H groups in total. The molecule has 1 saturated heterocycles. The minimum absolute atomic E-state index is 0.194. The molecular formula is C16H25NO. The third kappa shape index (κ3) is 2.60. The average molecular weight is 247 g/mol. The summed E-state index contributed by atoms with van der Waals surface area (Å²) in [5.41, 5.74) is 7.01. The lowest BCUT2D eigenvalue weighted by Crippen LogP contribution is -2.41. The lowest BCUT2D eigenvalue weighted by Gasteiger charge is -2.29. The van der Waals surface area contributed by atoms with Gasteiger partial charge in [-0.05, 0) is 80.8 Å². The number of β-amino-alcohol motifs (C(OH)–C–C–N with tert-alkyl or cyclic N) is 1. The van der Waals surface area contributed by atoms with Crippen molar-refractivity contribution in [3.05, 3.63) is 33.9 Å². The first-order valence-corrected chi connectivity index (χ1v) is 6.95. The number of rotatable bonds is 2. The summed E-state index contributed by atoms with van der Waals surface area (Å²) in [6, 6.07) is 2.31. The van der Waals surface area contributed by atoms with Crippen molar-refractivity contribution in [1.29, 1.82) is 0 Å². The van der Waals surface area contributed by atoms with E-state index in [4.69, 9.17) is 0 Å². The second-order valence-corrected chi connectivity index (χ2v) is 5.75. The van der Waals surface area contributed by atoms with Gasteiger partial charge in [0.2, 0.25) is 0 Å². The van der Waals surface area contributed by atoms with Gasteiger partial charge in [0.25, 0.3) is 0 Å². The van der Waals surface area contributed by atoms with Crippen molar-refractivity contribution in [3.8, 4) is 0 Å². The van der Waals surface area contributed by atoms with Gasteiger partial charge >= 0.3 is 0 Å². The minimum atomic E-state index is -0.194. The Morgan fingerprint density at radius 1 is 1.17 bits per heavy atom. The van der Waals surface area contributed by atoms with Crippen LogP contribution in [0.4, 0.5) is 0 Å². The zero-order valence-electron chi connectivity index (χ0n) is 12.0. The molecule has 0 aliphatic carbocycles. The van der Waals surface area contributed by atoms with E-state index in [9.17, 15) is 5.11 Å². The van der Waals surface area contributed by atoms with Crippen LogP contribution in [0, 0.1) is 33.6 Å². The molecule has 0 radical (unpaired) electrons. The second-order valence-electron chi connectivity index (χ2n) is 5.75. The molecule has 0 bridgehead atoms. The molecule has 0 amide bonds. The molecule has 1 aromatic rings. The Balaban J connectivity index is 2.23. The lowest BCUT2D eigenvalue weighted by atomic mass is 9.84. The van der Waals surface area contributed by atoms with E-state index in [0.29, 0.717) is 5.92 Å². The summed E-state index contributed by atoms with van der Waals surface area (Å²) < 4.78 is 0. The number of benzene rings is 1. The van der Waals surface area contributed by atoms with Crippen LogP contribution in [0.25, 0.3) is 0 Å². The van der Waals surface area contributed by atoms with E-state index >= 15 is 0 Å². The van der Waals surface area contributed by atoms with Crippen molar-refractivity contribution in [2.45, 2.75) is 46.6 Å². The SMILES string of the molecule is Cc1cc(C[C@@H]2CCNC[C@@H]2O)c(C)c(C)c1C. The maximum atomic E-state index is 10.1. The van der Waals surface area contributed by atoms with Crippen LogP contribution in [0.1, 0.15) is 34.2 Å². The van der Waals surface area contributed by atoms with Gasteiger partial charge in [-0.25, -0.2) is 0 Å². The Labute approximate surface area is 110 Å². The minimum Gasteiger partial charge on any atom is -0.392 e. The van der Waals surface area contributed by atoms with Gasteiger partial charge in [-0.1, -0.05) is 6.07 Å². The van der Waals surface area contributed by atoms with Crippen LogP contribution >= 0.6 is 0 Å². The van der Waals surface area contributed by atoms with E-state index in [1.54, 1.807) is 0 Å². The quantitative estimate of drug-likeness (QED) is 0.841. The zero-order valence-corrected chi connectivity index (χ0v) is 12.0. The number of hydrogen-bond acceptors (Lipinski definition) is 2. The largest absolute Gasteiger partial charge is 0.392 e. The molecule has 1 aliphatic heterocycles.